The smallest absolute Gasteiger partial charge is 0.412 e. The first kappa shape index (κ1) is 18.8. The van der Waals surface area contributed by atoms with E-state index in [1.807, 2.05) is 12.1 Å². The van der Waals surface area contributed by atoms with E-state index in [9.17, 15) is 4.79 Å². The molecule has 0 saturated heterocycles. The van der Waals surface area contributed by atoms with Crippen LogP contribution in [0.5, 0.6) is 11.5 Å². The molecular weight excluding hydrogens is 352 g/mol. The second kappa shape index (κ2) is 8.65. The Morgan fingerprint density at radius 1 is 1.25 bits per heavy atom. The Morgan fingerprint density at radius 2 is 2.18 bits per heavy atom. The molecule has 1 atom stereocenters. The van der Waals surface area contributed by atoms with Crippen molar-refractivity contribution < 1.29 is 14.3 Å². The predicted octanol–water partition coefficient (Wildman–Crippen LogP) is 3.94. The molecule has 2 aromatic rings. The van der Waals surface area contributed by atoms with Gasteiger partial charge in [0.05, 0.1) is 7.11 Å². The number of fused-ring (bicyclic) bond motifs is 2. The van der Waals surface area contributed by atoms with E-state index in [0.29, 0.717) is 18.2 Å². The third kappa shape index (κ3) is 4.14. The van der Waals surface area contributed by atoms with E-state index >= 15 is 0 Å². The number of carbonyl (C=O) groups excluding carboxylic acids is 1. The van der Waals surface area contributed by atoms with E-state index in [-0.39, 0.29) is 6.09 Å². The Labute approximate surface area is 166 Å². The summed E-state index contributed by atoms with van der Waals surface area (Å²) in [5.74, 6) is 2.34. The van der Waals surface area contributed by atoms with Gasteiger partial charge in [0.25, 0.3) is 0 Å². The van der Waals surface area contributed by atoms with Crippen LogP contribution in [0.4, 0.5) is 4.79 Å². The first-order chi connectivity index (χ1) is 13.7. The summed E-state index contributed by atoms with van der Waals surface area (Å²) >= 11 is 0. The molecule has 0 spiro atoms. The van der Waals surface area contributed by atoms with Gasteiger partial charge >= 0.3 is 6.09 Å². The Hall–Kier alpha value is -2.53. The minimum Gasteiger partial charge on any atom is -0.496 e. The van der Waals surface area contributed by atoms with Gasteiger partial charge < -0.3 is 20.1 Å². The molecule has 1 aliphatic carbocycles. The summed E-state index contributed by atoms with van der Waals surface area (Å²) in [5.41, 5.74) is 5.19. The van der Waals surface area contributed by atoms with Gasteiger partial charge in [0, 0.05) is 12.1 Å². The van der Waals surface area contributed by atoms with Crippen molar-refractivity contribution in [3.05, 3.63) is 58.7 Å². The maximum atomic E-state index is 11.2. The van der Waals surface area contributed by atoms with Crippen LogP contribution in [0, 0.1) is 0 Å². The van der Waals surface area contributed by atoms with Crippen LogP contribution in [0.25, 0.3) is 0 Å². The van der Waals surface area contributed by atoms with Gasteiger partial charge in [-0.3, -0.25) is 0 Å². The average Bonchev–Trinajstić information content (AvgIpc) is 2.73. The van der Waals surface area contributed by atoms with E-state index in [2.05, 4.69) is 34.9 Å². The number of amides is 1. The number of methoxy groups -OCH3 is 1. The zero-order valence-corrected chi connectivity index (χ0v) is 16.4. The van der Waals surface area contributed by atoms with Gasteiger partial charge in [-0.2, -0.15) is 0 Å². The van der Waals surface area contributed by atoms with E-state index in [4.69, 9.17) is 9.47 Å². The molecule has 0 bridgehead atoms. The lowest BCUT2D eigenvalue weighted by Crippen LogP contribution is -2.31. The highest BCUT2D eigenvalue weighted by Crippen LogP contribution is 2.38. The fraction of sp³-hybridized carbons (Fsp3) is 0.435. The molecule has 0 saturated carbocycles. The maximum Gasteiger partial charge on any atom is 0.412 e. The lowest BCUT2D eigenvalue weighted by atomic mass is 9.80. The summed E-state index contributed by atoms with van der Waals surface area (Å²) in [6, 6.07) is 12.5. The summed E-state index contributed by atoms with van der Waals surface area (Å²) in [6.07, 6.45) is 5.39. The monoisotopic (exact) mass is 380 g/mol. The maximum absolute atomic E-state index is 11.2. The molecule has 0 fully saturated rings. The number of benzene rings is 2. The molecule has 2 aliphatic rings. The summed E-state index contributed by atoms with van der Waals surface area (Å²) in [4.78, 5) is 11.2. The highest BCUT2D eigenvalue weighted by Gasteiger charge is 2.22. The van der Waals surface area contributed by atoms with Crippen molar-refractivity contribution in [3.8, 4) is 11.5 Å². The van der Waals surface area contributed by atoms with Crippen molar-refractivity contribution in [2.24, 2.45) is 0 Å². The third-order valence-electron chi connectivity index (χ3n) is 5.82. The van der Waals surface area contributed by atoms with Crippen LogP contribution in [-0.2, 0) is 19.4 Å². The molecule has 2 aromatic carbocycles. The Kier molecular flexibility index (Phi) is 5.81. The molecule has 2 N–H and O–H groups in total. The summed E-state index contributed by atoms with van der Waals surface area (Å²) in [6.45, 7) is 2.51. The van der Waals surface area contributed by atoms with Crippen LogP contribution < -0.4 is 20.1 Å². The van der Waals surface area contributed by atoms with Gasteiger partial charge in [0.2, 0.25) is 0 Å². The second-order valence-electron chi connectivity index (χ2n) is 7.59. The zero-order chi connectivity index (χ0) is 19.3. The number of rotatable bonds is 7. The highest BCUT2D eigenvalue weighted by atomic mass is 16.6. The number of carbonyl (C=O) groups is 1. The normalized spacial score (nSPS) is 17.9. The first-order valence-corrected chi connectivity index (χ1v) is 10.2. The molecule has 5 nitrogen and oxygen atoms in total. The Balaban J connectivity index is 1.26. The lowest BCUT2D eigenvalue weighted by molar-refractivity contribution is 0.194. The average molecular weight is 380 g/mol. The van der Waals surface area contributed by atoms with Gasteiger partial charge in [-0.1, -0.05) is 24.3 Å². The molecule has 1 heterocycles. The Morgan fingerprint density at radius 3 is 3.07 bits per heavy atom. The van der Waals surface area contributed by atoms with Crippen molar-refractivity contribution in [1.82, 2.24) is 10.6 Å². The molecule has 1 aliphatic heterocycles. The largest absolute Gasteiger partial charge is 0.496 e. The molecule has 28 heavy (non-hydrogen) atoms. The van der Waals surface area contributed by atoms with Crippen LogP contribution in [0.15, 0.2) is 36.4 Å². The molecule has 0 aromatic heterocycles. The van der Waals surface area contributed by atoms with Crippen molar-refractivity contribution in [3.63, 3.8) is 0 Å². The van der Waals surface area contributed by atoms with E-state index in [1.54, 1.807) is 7.11 Å². The van der Waals surface area contributed by atoms with E-state index in [0.717, 1.165) is 43.7 Å². The van der Waals surface area contributed by atoms with Gasteiger partial charge in [-0.25, -0.2) is 4.79 Å². The number of ether oxygens (including phenoxy) is 2. The molecule has 4 rings (SSSR count). The van der Waals surface area contributed by atoms with Gasteiger partial charge in [0.15, 0.2) is 0 Å². The van der Waals surface area contributed by atoms with Crippen LogP contribution in [0.3, 0.4) is 0 Å². The topological polar surface area (TPSA) is 59.6 Å². The molecular formula is C23H28N2O3. The van der Waals surface area contributed by atoms with Crippen LogP contribution in [-0.4, -0.2) is 26.3 Å². The highest BCUT2D eigenvalue weighted by molar-refractivity contribution is 5.73. The summed E-state index contributed by atoms with van der Waals surface area (Å²) in [7, 11) is 1.77. The molecule has 148 valence electrons. The number of nitrogens with one attached hydrogen (secondary N) is 2. The van der Waals surface area contributed by atoms with Crippen molar-refractivity contribution in [2.75, 3.05) is 20.2 Å². The van der Waals surface area contributed by atoms with E-state index < -0.39 is 0 Å². The number of hydrogen-bond donors (Lipinski definition) is 2. The molecule has 1 amide bonds. The predicted molar refractivity (Wildman–Crippen MR) is 109 cm³/mol. The van der Waals surface area contributed by atoms with Crippen LogP contribution in [0.2, 0.25) is 0 Å². The lowest BCUT2D eigenvalue weighted by Gasteiger charge is -2.27. The second-order valence-corrected chi connectivity index (χ2v) is 7.59. The van der Waals surface area contributed by atoms with Crippen LogP contribution in [0.1, 0.15) is 47.4 Å². The Bertz CT molecular complexity index is 850. The first-order valence-electron chi connectivity index (χ1n) is 10.2. The SMILES string of the molecule is COc1cccc2c1CCCC2CCNCCc1ccc2c(c1)CNC(=O)O2. The summed E-state index contributed by atoms with van der Waals surface area (Å²) in [5, 5.41) is 6.30. The van der Waals surface area contributed by atoms with Crippen molar-refractivity contribution >= 4 is 6.09 Å². The van der Waals surface area contributed by atoms with Gasteiger partial charge in [-0.15, -0.1) is 0 Å². The van der Waals surface area contributed by atoms with Gasteiger partial charge in [-0.05, 0) is 79.9 Å². The van der Waals surface area contributed by atoms with Crippen LogP contribution >= 0.6 is 0 Å². The minimum absolute atomic E-state index is 0.371. The zero-order valence-electron chi connectivity index (χ0n) is 16.4. The van der Waals surface area contributed by atoms with Crippen molar-refractivity contribution in [2.45, 2.75) is 44.6 Å². The molecule has 5 heteroatoms. The van der Waals surface area contributed by atoms with Crippen molar-refractivity contribution in [1.29, 1.82) is 0 Å². The quantitative estimate of drug-likeness (QED) is 0.715. The number of hydrogen-bond acceptors (Lipinski definition) is 4. The molecule has 1 unspecified atom stereocenters. The minimum atomic E-state index is -0.371. The standard InChI is InChI=1S/C23H28N2O3/c1-27-22-7-3-5-19-17(4-2-6-20(19)22)11-13-24-12-10-16-8-9-21-18(14-16)15-25-23(26)28-21/h3,5,7-9,14,17,24H,2,4,6,10-13,15H2,1H3,(H,25,26). The summed E-state index contributed by atoms with van der Waals surface area (Å²) < 4.78 is 10.7. The fourth-order valence-electron chi connectivity index (χ4n) is 4.37. The van der Waals surface area contributed by atoms with Gasteiger partial charge in [0.1, 0.15) is 11.5 Å². The fourth-order valence-corrected chi connectivity index (χ4v) is 4.37. The molecule has 0 radical (unpaired) electrons. The van der Waals surface area contributed by atoms with E-state index in [1.165, 1.54) is 29.5 Å². The third-order valence-corrected chi connectivity index (χ3v) is 5.82.